The van der Waals surface area contributed by atoms with Crippen LogP contribution in [0.2, 0.25) is 0 Å². The summed E-state index contributed by atoms with van der Waals surface area (Å²) in [5.41, 5.74) is 0. The Hall–Kier alpha value is -1.13. The molecule has 0 atom stereocenters. The second-order valence-electron chi connectivity index (χ2n) is 5.83. The van der Waals surface area contributed by atoms with Gasteiger partial charge in [0.1, 0.15) is 0 Å². The summed E-state index contributed by atoms with van der Waals surface area (Å²) in [4.78, 5) is 15.3. The predicted molar refractivity (Wildman–Crippen MR) is 83.8 cm³/mol. The summed E-state index contributed by atoms with van der Waals surface area (Å²) in [6.45, 7) is 8.00. The molecule has 0 radical (unpaired) electrons. The number of carbonyl (C=O) groups is 1. The van der Waals surface area contributed by atoms with E-state index in [4.69, 9.17) is 5.11 Å². The van der Waals surface area contributed by atoms with E-state index in [1.807, 2.05) is 6.07 Å². The van der Waals surface area contributed by atoms with Crippen LogP contribution < -0.4 is 0 Å². The van der Waals surface area contributed by atoms with Gasteiger partial charge in [-0.15, -0.1) is 11.3 Å². The van der Waals surface area contributed by atoms with Crippen molar-refractivity contribution < 1.29 is 9.90 Å². The minimum Gasteiger partial charge on any atom is -0.478 e. The molecule has 1 aliphatic rings. The van der Waals surface area contributed by atoms with Crippen LogP contribution in [0.15, 0.2) is 18.2 Å². The number of nitrogens with zero attached hydrogens (tertiary/aromatic N) is 1. The van der Waals surface area contributed by atoms with E-state index < -0.39 is 5.97 Å². The molecule has 0 amide bonds. The van der Waals surface area contributed by atoms with Gasteiger partial charge in [-0.05, 0) is 56.0 Å². The van der Waals surface area contributed by atoms with E-state index in [0.717, 1.165) is 23.3 Å². The molecule has 2 heterocycles. The van der Waals surface area contributed by atoms with Crippen LogP contribution >= 0.6 is 11.3 Å². The fourth-order valence-electron chi connectivity index (χ4n) is 2.72. The van der Waals surface area contributed by atoms with Crippen molar-refractivity contribution in [1.82, 2.24) is 4.90 Å². The van der Waals surface area contributed by atoms with Crippen molar-refractivity contribution in [2.45, 2.75) is 33.2 Å². The quantitative estimate of drug-likeness (QED) is 0.841. The molecule has 0 bridgehead atoms. The lowest BCUT2D eigenvalue weighted by atomic mass is 9.87. The van der Waals surface area contributed by atoms with Gasteiger partial charge in [0.05, 0.1) is 0 Å². The fourth-order valence-corrected chi connectivity index (χ4v) is 3.68. The first kappa shape index (κ1) is 15.3. The zero-order valence-electron chi connectivity index (χ0n) is 12.2. The highest BCUT2D eigenvalue weighted by molar-refractivity contribution is 7.12. The van der Waals surface area contributed by atoms with Crippen LogP contribution in [-0.2, 0) is 11.3 Å². The van der Waals surface area contributed by atoms with Gasteiger partial charge in [0, 0.05) is 22.4 Å². The van der Waals surface area contributed by atoms with E-state index in [0.29, 0.717) is 0 Å². The molecule has 4 heteroatoms. The summed E-state index contributed by atoms with van der Waals surface area (Å²) in [7, 11) is 0. The minimum atomic E-state index is -0.893. The third-order valence-corrected chi connectivity index (χ3v) is 5.06. The van der Waals surface area contributed by atoms with Crippen LogP contribution in [0.25, 0.3) is 6.08 Å². The van der Waals surface area contributed by atoms with E-state index in [9.17, 15) is 4.79 Å². The van der Waals surface area contributed by atoms with Gasteiger partial charge in [-0.1, -0.05) is 13.8 Å². The van der Waals surface area contributed by atoms with Gasteiger partial charge in [-0.3, -0.25) is 4.90 Å². The maximum Gasteiger partial charge on any atom is 0.328 e. The number of hydrogen-bond acceptors (Lipinski definition) is 3. The number of carboxylic acids is 1. The van der Waals surface area contributed by atoms with Gasteiger partial charge in [0.25, 0.3) is 0 Å². The summed E-state index contributed by atoms with van der Waals surface area (Å²) in [5, 5.41) is 8.62. The molecule has 0 spiro atoms. The number of rotatable bonds is 5. The molecular formula is C16H23NO2S. The summed E-state index contributed by atoms with van der Waals surface area (Å²) in [5.74, 6) is 0.783. The molecular weight excluding hydrogens is 270 g/mol. The molecule has 1 aromatic heterocycles. The molecule has 0 saturated carbocycles. The van der Waals surface area contributed by atoms with E-state index in [1.165, 1.54) is 36.9 Å². The highest BCUT2D eigenvalue weighted by atomic mass is 32.1. The number of thiophene rings is 1. The van der Waals surface area contributed by atoms with Crippen LogP contribution in [0, 0.1) is 11.8 Å². The van der Waals surface area contributed by atoms with Gasteiger partial charge in [0.2, 0.25) is 0 Å². The monoisotopic (exact) mass is 293 g/mol. The minimum absolute atomic E-state index is 0.798. The molecule has 20 heavy (non-hydrogen) atoms. The lowest BCUT2D eigenvalue weighted by Gasteiger charge is -2.33. The highest BCUT2D eigenvalue weighted by Crippen LogP contribution is 2.26. The van der Waals surface area contributed by atoms with Gasteiger partial charge < -0.3 is 5.11 Å². The summed E-state index contributed by atoms with van der Waals surface area (Å²) >= 11 is 1.68. The smallest absolute Gasteiger partial charge is 0.328 e. The van der Waals surface area contributed by atoms with Crippen molar-refractivity contribution in [1.29, 1.82) is 0 Å². The summed E-state index contributed by atoms with van der Waals surface area (Å²) < 4.78 is 0. The summed E-state index contributed by atoms with van der Waals surface area (Å²) in [6.07, 6.45) is 5.47. The molecule has 110 valence electrons. The van der Waals surface area contributed by atoms with E-state index in [2.05, 4.69) is 24.8 Å². The van der Waals surface area contributed by atoms with Crippen molar-refractivity contribution >= 4 is 23.4 Å². The topological polar surface area (TPSA) is 40.5 Å². The Morgan fingerprint density at radius 2 is 2.15 bits per heavy atom. The number of hydrogen-bond donors (Lipinski definition) is 1. The lowest BCUT2D eigenvalue weighted by Crippen LogP contribution is -2.34. The van der Waals surface area contributed by atoms with Crippen molar-refractivity contribution in [2.24, 2.45) is 11.8 Å². The van der Waals surface area contributed by atoms with Gasteiger partial charge in [0.15, 0.2) is 0 Å². The predicted octanol–water partition coefficient (Wildman–Crippen LogP) is 3.71. The first-order chi connectivity index (χ1) is 9.54. The molecule has 0 aliphatic carbocycles. The number of carboxylic acid groups (broad SMARTS) is 1. The van der Waals surface area contributed by atoms with Crippen molar-refractivity contribution in [3.8, 4) is 0 Å². The molecule has 0 unspecified atom stereocenters. The maximum atomic E-state index is 10.5. The Morgan fingerprint density at radius 1 is 1.45 bits per heavy atom. The Balaban J connectivity index is 1.84. The highest BCUT2D eigenvalue weighted by Gasteiger charge is 2.21. The molecule has 3 nitrogen and oxygen atoms in total. The van der Waals surface area contributed by atoms with E-state index >= 15 is 0 Å². The zero-order chi connectivity index (χ0) is 14.5. The average molecular weight is 293 g/mol. The molecule has 1 N–H and O–H groups in total. The molecule has 1 aliphatic heterocycles. The van der Waals surface area contributed by atoms with Gasteiger partial charge in [-0.25, -0.2) is 4.79 Å². The normalized spacial score (nSPS) is 18.1. The van der Waals surface area contributed by atoms with Gasteiger partial charge in [-0.2, -0.15) is 0 Å². The fraction of sp³-hybridized carbons (Fsp3) is 0.562. The summed E-state index contributed by atoms with van der Waals surface area (Å²) in [6, 6.07) is 4.11. The molecule has 1 saturated heterocycles. The molecule has 1 aromatic rings. The Kier molecular flexibility index (Phi) is 5.38. The van der Waals surface area contributed by atoms with E-state index in [-0.39, 0.29) is 0 Å². The zero-order valence-corrected chi connectivity index (χ0v) is 13.0. The first-order valence-electron chi connectivity index (χ1n) is 7.26. The maximum absolute atomic E-state index is 10.5. The first-order valence-corrected chi connectivity index (χ1v) is 8.08. The van der Waals surface area contributed by atoms with Crippen molar-refractivity contribution in [2.75, 3.05) is 13.1 Å². The lowest BCUT2D eigenvalue weighted by molar-refractivity contribution is -0.131. The Morgan fingerprint density at radius 3 is 2.75 bits per heavy atom. The molecule has 0 aromatic carbocycles. The number of piperidine rings is 1. The van der Waals surface area contributed by atoms with Crippen LogP contribution in [-0.4, -0.2) is 29.1 Å². The third-order valence-electron chi connectivity index (χ3n) is 4.03. The average Bonchev–Trinajstić information content (AvgIpc) is 2.84. The Labute approximate surface area is 124 Å². The standard InChI is InChI=1S/C16H23NO2S/c1-12(2)13-7-9-17(10-8-13)11-15-4-3-14(20-15)5-6-16(18)19/h3-6,12-13H,7-11H2,1-2H3,(H,18,19)/b6-5+. The van der Waals surface area contributed by atoms with Crippen molar-refractivity contribution in [3.05, 3.63) is 28.0 Å². The van der Waals surface area contributed by atoms with Crippen LogP contribution in [0.1, 0.15) is 36.4 Å². The van der Waals surface area contributed by atoms with E-state index in [1.54, 1.807) is 17.4 Å². The third kappa shape index (κ3) is 4.46. The van der Waals surface area contributed by atoms with Crippen LogP contribution in [0.3, 0.4) is 0 Å². The molecule has 1 fully saturated rings. The SMILES string of the molecule is CC(C)C1CCN(Cc2ccc(/C=C/C(=O)O)s2)CC1. The Bertz CT molecular complexity index is 471. The van der Waals surface area contributed by atoms with Crippen LogP contribution in [0.5, 0.6) is 0 Å². The van der Waals surface area contributed by atoms with Crippen LogP contribution in [0.4, 0.5) is 0 Å². The molecule has 2 rings (SSSR count). The van der Waals surface area contributed by atoms with Gasteiger partial charge >= 0.3 is 5.97 Å². The largest absolute Gasteiger partial charge is 0.478 e. The number of likely N-dealkylation sites (tertiary alicyclic amines) is 1. The number of aliphatic carboxylic acids is 1. The second-order valence-corrected chi connectivity index (χ2v) is 7.03. The second kappa shape index (κ2) is 7.04. The van der Waals surface area contributed by atoms with Crippen molar-refractivity contribution in [3.63, 3.8) is 0 Å².